The zero-order chi connectivity index (χ0) is 25.2. The molecule has 0 aliphatic heterocycles. The van der Waals surface area contributed by atoms with Crippen LogP contribution in [0.3, 0.4) is 0 Å². The second-order valence-electron chi connectivity index (χ2n) is 7.33. The summed E-state index contributed by atoms with van der Waals surface area (Å²) in [5.41, 5.74) is -2.03. The minimum absolute atomic E-state index is 0.0746. The van der Waals surface area contributed by atoms with E-state index in [1.54, 1.807) is 13.8 Å². The number of anilines is 1. The van der Waals surface area contributed by atoms with Crippen molar-refractivity contribution in [2.45, 2.75) is 26.1 Å². The molecule has 0 bridgehead atoms. The van der Waals surface area contributed by atoms with Crippen LogP contribution in [0.1, 0.15) is 40.1 Å². The molecule has 0 saturated heterocycles. The van der Waals surface area contributed by atoms with Crippen molar-refractivity contribution >= 4 is 29.2 Å². The molecule has 0 atom stereocenters. The van der Waals surface area contributed by atoms with Gasteiger partial charge in [-0.3, -0.25) is 4.79 Å². The summed E-state index contributed by atoms with van der Waals surface area (Å²) in [6, 6.07) is 8.04. The number of benzene rings is 2. The molecule has 0 aliphatic rings. The Morgan fingerprint density at radius 3 is 2.38 bits per heavy atom. The van der Waals surface area contributed by atoms with Gasteiger partial charge in [0.25, 0.3) is 5.91 Å². The molecular formula is C23H17ClF4N2O4. The minimum atomic E-state index is -4.75. The van der Waals surface area contributed by atoms with Gasteiger partial charge in [-0.15, -0.1) is 0 Å². The SMILES string of the molecule is CC(C)N(C(=O)c1ccc(Cl)cc1F)c1ccc(Oc2ncccc2C(F)(F)F)cc1C(=O)O. The summed E-state index contributed by atoms with van der Waals surface area (Å²) in [5.74, 6) is -4.22. The number of carbonyl (C=O) groups excluding carboxylic acids is 1. The smallest absolute Gasteiger partial charge is 0.421 e. The van der Waals surface area contributed by atoms with E-state index in [1.807, 2.05) is 0 Å². The van der Waals surface area contributed by atoms with Gasteiger partial charge in [0.05, 0.1) is 16.8 Å². The molecule has 11 heteroatoms. The standard InChI is InChI=1S/C23H17ClF4N2O4/c1-12(2)30(21(31)15-7-5-13(24)10-18(15)25)19-8-6-14(11-16(19)22(32)33)34-20-17(23(26,27)28)4-3-9-29-20/h3-12H,1-2H3,(H,32,33). The summed E-state index contributed by atoms with van der Waals surface area (Å²) in [5, 5.41) is 9.81. The third-order valence-corrected chi connectivity index (χ3v) is 4.88. The maximum Gasteiger partial charge on any atom is 0.421 e. The third kappa shape index (κ3) is 5.28. The first-order chi connectivity index (χ1) is 15.9. The van der Waals surface area contributed by atoms with Crippen LogP contribution in [0.5, 0.6) is 11.6 Å². The average Bonchev–Trinajstić information content (AvgIpc) is 2.74. The molecule has 1 heterocycles. The van der Waals surface area contributed by atoms with Crippen molar-refractivity contribution in [2.75, 3.05) is 4.90 Å². The Hall–Kier alpha value is -3.66. The third-order valence-electron chi connectivity index (χ3n) is 4.65. The van der Waals surface area contributed by atoms with Crippen molar-refractivity contribution in [1.29, 1.82) is 0 Å². The predicted molar refractivity (Wildman–Crippen MR) is 116 cm³/mol. The van der Waals surface area contributed by atoms with Gasteiger partial charge in [-0.05, 0) is 62.4 Å². The summed E-state index contributed by atoms with van der Waals surface area (Å²) < 4.78 is 59.3. The zero-order valence-electron chi connectivity index (χ0n) is 17.7. The van der Waals surface area contributed by atoms with Crippen LogP contribution in [0.15, 0.2) is 54.7 Å². The number of carboxylic acids is 1. The van der Waals surface area contributed by atoms with E-state index in [-0.39, 0.29) is 22.0 Å². The molecule has 2 aromatic carbocycles. The van der Waals surface area contributed by atoms with Gasteiger partial charge in [0.2, 0.25) is 5.88 Å². The molecule has 6 nitrogen and oxygen atoms in total. The van der Waals surface area contributed by atoms with Gasteiger partial charge < -0.3 is 14.7 Å². The number of hydrogen-bond donors (Lipinski definition) is 1. The number of aromatic nitrogens is 1. The second-order valence-corrected chi connectivity index (χ2v) is 7.77. The molecule has 0 spiro atoms. The summed E-state index contributed by atoms with van der Waals surface area (Å²) >= 11 is 5.74. The number of halogens is 5. The molecule has 0 fully saturated rings. The molecule has 34 heavy (non-hydrogen) atoms. The summed E-state index contributed by atoms with van der Waals surface area (Å²) in [6.07, 6.45) is -3.65. The lowest BCUT2D eigenvalue weighted by atomic mass is 10.1. The van der Waals surface area contributed by atoms with Gasteiger partial charge in [0.15, 0.2) is 0 Å². The molecule has 1 amide bonds. The lowest BCUT2D eigenvalue weighted by molar-refractivity contribution is -0.138. The van der Waals surface area contributed by atoms with E-state index < -0.39 is 46.9 Å². The number of amides is 1. The molecule has 3 rings (SSSR count). The molecular weight excluding hydrogens is 480 g/mol. The Bertz CT molecular complexity index is 1250. The first-order valence-electron chi connectivity index (χ1n) is 9.76. The monoisotopic (exact) mass is 496 g/mol. The number of hydrogen-bond acceptors (Lipinski definition) is 4. The number of nitrogens with zero attached hydrogens (tertiary/aromatic N) is 2. The first-order valence-corrected chi connectivity index (χ1v) is 10.1. The van der Waals surface area contributed by atoms with E-state index in [1.165, 1.54) is 24.3 Å². The van der Waals surface area contributed by atoms with Crippen molar-refractivity contribution in [3.8, 4) is 11.6 Å². The fourth-order valence-electron chi connectivity index (χ4n) is 3.17. The highest BCUT2D eigenvalue weighted by Gasteiger charge is 2.35. The molecule has 0 unspecified atom stereocenters. The Labute approximate surface area is 196 Å². The van der Waals surface area contributed by atoms with Gasteiger partial charge in [-0.25, -0.2) is 14.2 Å². The van der Waals surface area contributed by atoms with Crippen LogP contribution in [0.4, 0.5) is 23.2 Å². The molecule has 1 aromatic heterocycles. The number of rotatable bonds is 6. The molecule has 3 aromatic rings. The Kier molecular flexibility index (Phi) is 7.11. The number of alkyl halides is 3. The Morgan fingerprint density at radius 2 is 1.79 bits per heavy atom. The highest BCUT2D eigenvalue weighted by Crippen LogP contribution is 2.37. The van der Waals surface area contributed by atoms with E-state index in [9.17, 15) is 32.3 Å². The van der Waals surface area contributed by atoms with Crippen molar-refractivity contribution < 1.29 is 37.0 Å². The van der Waals surface area contributed by atoms with Crippen LogP contribution < -0.4 is 9.64 Å². The van der Waals surface area contributed by atoms with Crippen LogP contribution >= 0.6 is 11.6 Å². The molecule has 0 aliphatic carbocycles. The lowest BCUT2D eigenvalue weighted by Gasteiger charge is -2.28. The van der Waals surface area contributed by atoms with Crippen LogP contribution in [0.25, 0.3) is 0 Å². The zero-order valence-corrected chi connectivity index (χ0v) is 18.5. The number of carbonyl (C=O) groups is 2. The summed E-state index contributed by atoms with van der Waals surface area (Å²) in [4.78, 5) is 29.7. The van der Waals surface area contributed by atoms with Gasteiger partial charge in [-0.2, -0.15) is 13.2 Å². The van der Waals surface area contributed by atoms with Gasteiger partial charge >= 0.3 is 12.1 Å². The molecule has 178 valence electrons. The highest BCUT2D eigenvalue weighted by atomic mass is 35.5. The van der Waals surface area contributed by atoms with Crippen LogP contribution in [-0.2, 0) is 6.18 Å². The van der Waals surface area contributed by atoms with Crippen molar-refractivity contribution in [2.24, 2.45) is 0 Å². The summed E-state index contributed by atoms with van der Waals surface area (Å²) in [7, 11) is 0. The van der Waals surface area contributed by atoms with Crippen molar-refractivity contribution in [1.82, 2.24) is 4.98 Å². The number of carboxylic acid groups (broad SMARTS) is 1. The van der Waals surface area contributed by atoms with Gasteiger partial charge in [0.1, 0.15) is 17.1 Å². The van der Waals surface area contributed by atoms with Crippen molar-refractivity contribution in [3.05, 3.63) is 82.3 Å². The topological polar surface area (TPSA) is 79.7 Å². The first kappa shape index (κ1) is 25.0. The van der Waals surface area contributed by atoms with E-state index in [0.717, 1.165) is 35.4 Å². The molecule has 1 N–H and O–H groups in total. The highest BCUT2D eigenvalue weighted by molar-refractivity contribution is 6.30. The fourth-order valence-corrected chi connectivity index (χ4v) is 3.33. The number of ether oxygens (including phenoxy) is 1. The Morgan fingerprint density at radius 1 is 1.09 bits per heavy atom. The van der Waals surface area contributed by atoms with Crippen LogP contribution in [0, 0.1) is 5.82 Å². The Balaban J connectivity index is 2.05. The van der Waals surface area contributed by atoms with Crippen LogP contribution in [-0.4, -0.2) is 28.0 Å². The maximum atomic E-state index is 14.4. The van der Waals surface area contributed by atoms with E-state index in [2.05, 4.69) is 4.98 Å². The van der Waals surface area contributed by atoms with Crippen molar-refractivity contribution in [3.63, 3.8) is 0 Å². The number of pyridine rings is 1. The fraction of sp³-hybridized carbons (Fsp3) is 0.174. The quantitative estimate of drug-likeness (QED) is 0.397. The van der Waals surface area contributed by atoms with Gasteiger partial charge in [0, 0.05) is 17.3 Å². The van der Waals surface area contributed by atoms with E-state index in [4.69, 9.17) is 16.3 Å². The molecule has 0 radical (unpaired) electrons. The molecule has 0 saturated carbocycles. The number of aromatic carboxylic acids is 1. The summed E-state index contributed by atoms with van der Waals surface area (Å²) in [6.45, 7) is 3.18. The maximum absolute atomic E-state index is 14.4. The van der Waals surface area contributed by atoms with E-state index in [0.29, 0.717) is 0 Å². The van der Waals surface area contributed by atoms with Crippen LogP contribution in [0.2, 0.25) is 5.02 Å². The second kappa shape index (κ2) is 9.68. The largest absolute Gasteiger partial charge is 0.478 e. The predicted octanol–water partition coefficient (Wildman–Crippen LogP) is 6.44. The minimum Gasteiger partial charge on any atom is -0.478 e. The lowest BCUT2D eigenvalue weighted by Crippen LogP contribution is -2.38. The normalized spacial score (nSPS) is 11.4. The van der Waals surface area contributed by atoms with E-state index >= 15 is 0 Å². The van der Waals surface area contributed by atoms with Gasteiger partial charge in [-0.1, -0.05) is 11.6 Å². The average molecular weight is 497 g/mol.